The molecule has 0 aromatic heterocycles. The number of benzene rings is 2. The molecule has 0 bridgehead atoms. The van der Waals surface area contributed by atoms with Crippen LogP contribution in [0.15, 0.2) is 48.5 Å². The SMILES string of the molecule is CCOc1ccc(O[C@H](C)C(=O)NNC(=O)CCc2ccc(CC)cc2)cc1. The first-order valence-electron chi connectivity index (χ1n) is 9.57. The molecule has 2 aromatic rings. The Bertz CT molecular complexity index is 757. The van der Waals surface area contributed by atoms with Crippen molar-refractivity contribution in [3.8, 4) is 11.5 Å². The van der Waals surface area contributed by atoms with Gasteiger partial charge in [0.1, 0.15) is 11.5 Å². The second-order valence-corrected chi connectivity index (χ2v) is 6.37. The minimum absolute atomic E-state index is 0.249. The van der Waals surface area contributed by atoms with Gasteiger partial charge in [0.15, 0.2) is 6.10 Å². The predicted molar refractivity (Wildman–Crippen MR) is 108 cm³/mol. The lowest BCUT2D eigenvalue weighted by molar-refractivity contribution is -0.132. The maximum atomic E-state index is 12.1. The zero-order chi connectivity index (χ0) is 20.4. The number of hydrazine groups is 1. The number of nitrogens with one attached hydrogen (secondary N) is 2. The highest BCUT2D eigenvalue weighted by Gasteiger charge is 2.15. The summed E-state index contributed by atoms with van der Waals surface area (Å²) in [5.74, 6) is 0.618. The van der Waals surface area contributed by atoms with E-state index in [0.29, 0.717) is 25.2 Å². The lowest BCUT2D eigenvalue weighted by Crippen LogP contribution is -2.47. The van der Waals surface area contributed by atoms with Crippen LogP contribution in [0.1, 0.15) is 38.3 Å². The van der Waals surface area contributed by atoms with Gasteiger partial charge in [-0.25, -0.2) is 0 Å². The molecular weight excluding hydrogens is 356 g/mol. The summed E-state index contributed by atoms with van der Waals surface area (Å²) in [6.07, 6.45) is 1.15. The molecular formula is C22H28N2O4. The summed E-state index contributed by atoms with van der Waals surface area (Å²) in [4.78, 5) is 24.0. The van der Waals surface area contributed by atoms with Gasteiger partial charge in [0.2, 0.25) is 5.91 Å². The van der Waals surface area contributed by atoms with Crippen molar-refractivity contribution in [3.63, 3.8) is 0 Å². The first-order valence-corrected chi connectivity index (χ1v) is 9.57. The summed E-state index contributed by atoms with van der Waals surface area (Å²) in [6, 6.07) is 15.2. The highest BCUT2D eigenvalue weighted by molar-refractivity contribution is 5.84. The Hall–Kier alpha value is -3.02. The number of rotatable bonds is 9. The predicted octanol–water partition coefficient (Wildman–Crippen LogP) is 3.20. The molecule has 0 spiro atoms. The van der Waals surface area contributed by atoms with Crippen LogP contribution >= 0.6 is 0 Å². The number of amides is 2. The molecule has 0 radical (unpaired) electrons. The van der Waals surface area contributed by atoms with Crippen LogP contribution in [0.5, 0.6) is 11.5 Å². The number of ether oxygens (including phenoxy) is 2. The molecule has 0 saturated heterocycles. The Morgan fingerprint density at radius 3 is 2.11 bits per heavy atom. The summed E-state index contributed by atoms with van der Waals surface area (Å²) in [5, 5.41) is 0. The largest absolute Gasteiger partial charge is 0.494 e. The molecule has 2 amide bonds. The minimum atomic E-state index is -0.750. The van der Waals surface area contributed by atoms with Gasteiger partial charge in [-0.1, -0.05) is 31.2 Å². The van der Waals surface area contributed by atoms with Gasteiger partial charge in [0.25, 0.3) is 5.91 Å². The number of hydrogen-bond donors (Lipinski definition) is 2. The summed E-state index contributed by atoms with van der Waals surface area (Å²) in [7, 11) is 0. The van der Waals surface area contributed by atoms with Crippen LogP contribution in [0.25, 0.3) is 0 Å². The molecule has 2 aromatic carbocycles. The van der Waals surface area contributed by atoms with E-state index in [4.69, 9.17) is 9.47 Å². The van der Waals surface area contributed by atoms with E-state index in [2.05, 4.69) is 29.9 Å². The monoisotopic (exact) mass is 384 g/mol. The third-order valence-corrected chi connectivity index (χ3v) is 4.21. The highest BCUT2D eigenvalue weighted by Crippen LogP contribution is 2.18. The second kappa shape index (κ2) is 11.0. The molecule has 0 saturated carbocycles. The van der Waals surface area contributed by atoms with Crippen molar-refractivity contribution >= 4 is 11.8 Å². The molecule has 0 fully saturated rings. The van der Waals surface area contributed by atoms with E-state index in [9.17, 15) is 9.59 Å². The number of carbonyl (C=O) groups excluding carboxylic acids is 2. The van der Waals surface area contributed by atoms with Crippen molar-refractivity contribution in [1.29, 1.82) is 0 Å². The minimum Gasteiger partial charge on any atom is -0.494 e. The van der Waals surface area contributed by atoms with Gasteiger partial charge in [-0.3, -0.25) is 20.4 Å². The Kier molecular flexibility index (Phi) is 8.34. The zero-order valence-corrected chi connectivity index (χ0v) is 16.7. The third-order valence-electron chi connectivity index (χ3n) is 4.21. The number of carbonyl (C=O) groups is 2. The summed E-state index contributed by atoms with van der Waals surface area (Å²) in [5.41, 5.74) is 7.18. The average molecular weight is 384 g/mol. The molecule has 6 nitrogen and oxygen atoms in total. The summed E-state index contributed by atoms with van der Waals surface area (Å²) < 4.78 is 10.9. The molecule has 0 aliphatic carbocycles. The summed E-state index contributed by atoms with van der Waals surface area (Å²) in [6.45, 7) is 6.22. The van der Waals surface area contributed by atoms with Gasteiger partial charge in [-0.15, -0.1) is 0 Å². The van der Waals surface area contributed by atoms with Crippen LogP contribution in [-0.2, 0) is 22.4 Å². The van der Waals surface area contributed by atoms with Crippen molar-refractivity contribution < 1.29 is 19.1 Å². The van der Waals surface area contributed by atoms with Gasteiger partial charge < -0.3 is 9.47 Å². The zero-order valence-electron chi connectivity index (χ0n) is 16.7. The maximum Gasteiger partial charge on any atom is 0.279 e. The van der Waals surface area contributed by atoms with Gasteiger partial charge in [-0.2, -0.15) is 0 Å². The van der Waals surface area contributed by atoms with Crippen molar-refractivity contribution in [2.45, 2.75) is 46.1 Å². The molecule has 0 unspecified atom stereocenters. The van der Waals surface area contributed by atoms with Crippen LogP contribution in [0, 0.1) is 0 Å². The standard InChI is InChI=1S/C22H28N2O4/c1-4-17-6-8-18(9-7-17)10-15-21(25)23-24-22(26)16(3)28-20-13-11-19(12-14-20)27-5-2/h6-9,11-14,16H,4-5,10,15H2,1-3H3,(H,23,25)(H,24,26)/t16-/m1/s1. The van der Waals surface area contributed by atoms with Gasteiger partial charge in [-0.05, 0) is 62.1 Å². The molecule has 6 heteroatoms. The van der Waals surface area contributed by atoms with E-state index in [1.807, 2.05) is 19.1 Å². The fraction of sp³-hybridized carbons (Fsp3) is 0.364. The molecule has 0 aliphatic rings. The first kappa shape index (κ1) is 21.3. The molecule has 2 N–H and O–H groups in total. The fourth-order valence-electron chi connectivity index (χ4n) is 2.53. The van der Waals surface area contributed by atoms with E-state index >= 15 is 0 Å². The Morgan fingerprint density at radius 1 is 0.893 bits per heavy atom. The van der Waals surface area contributed by atoms with E-state index < -0.39 is 12.0 Å². The Labute approximate surface area is 166 Å². The lowest BCUT2D eigenvalue weighted by atomic mass is 10.1. The van der Waals surface area contributed by atoms with Gasteiger partial charge in [0, 0.05) is 6.42 Å². The Morgan fingerprint density at radius 2 is 1.50 bits per heavy atom. The van der Waals surface area contributed by atoms with Crippen molar-refractivity contribution in [3.05, 3.63) is 59.7 Å². The molecule has 150 valence electrons. The third kappa shape index (κ3) is 6.95. The quantitative estimate of drug-likeness (QED) is 0.651. The molecule has 0 heterocycles. The fourth-order valence-corrected chi connectivity index (χ4v) is 2.53. The lowest BCUT2D eigenvalue weighted by Gasteiger charge is -2.15. The topological polar surface area (TPSA) is 76.7 Å². The van der Waals surface area contributed by atoms with Gasteiger partial charge in [0.05, 0.1) is 6.61 Å². The second-order valence-electron chi connectivity index (χ2n) is 6.37. The number of aryl methyl sites for hydroxylation is 2. The number of hydrogen-bond acceptors (Lipinski definition) is 4. The molecule has 0 aliphatic heterocycles. The van der Waals surface area contributed by atoms with E-state index in [0.717, 1.165) is 17.7 Å². The summed E-state index contributed by atoms with van der Waals surface area (Å²) >= 11 is 0. The Balaban J connectivity index is 1.71. The molecule has 2 rings (SSSR count). The van der Waals surface area contributed by atoms with E-state index in [-0.39, 0.29) is 5.91 Å². The van der Waals surface area contributed by atoms with E-state index in [1.54, 1.807) is 31.2 Å². The first-order chi connectivity index (χ1) is 13.5. The average Bonchev–Trinajstić information content (AvgIpc) is 2.72. The molecule has 1 atom stereocenters. The van der Waals surface area contributed by atoms with Crippen LogP contribution in [0.2, 0.25) is 0 Å². The van der Waals surface area contributed by atoms with Crippen molar-refractivity contribution in [2.24, 2.45) is 0 Å². The normalized spacial score (nSPS) is 11.4. The van der Waals surface area contributed by atoms with Crippen LogP contribution in [-0.4, -0.2) is 24.5 Å². The van der Waals surface area contributed by atoms with E-state index in [1.165, 1.54) is 5.56 Å². The smallest absolute Gasteiger partial charge is 0.279 e. The highest BCUT2D eigenvalue weighted by atomic mass is 16.5. The maximum absolute atomic E-state index is 12.1. The van der Waals surface area contributed by atoms with Crippen molar-refractivity contribution in [1.82, 2.24) is 10.9 Å². The van der Waals surface area contributed by atoms with Gasteiger partial charge >= 0.3 is 0 Å². The molecule has 28 heavy (non-hydrogen) atoms. The van der Waals surface area contributed by atoms with Crippen LogP contribution in [0.4, 0.5) is 0 Å². The van der Waals surface area contributed by atoms with Crippen molar-refractivity contribution in [2.75, 3.05) is 6.61 Å². The van der Waals surface area contributed by atoms with Crippen LogP contribution < -0.4 is 20.3 Å². The van der Waals surface area contributed by atoms with Crippen LogP contribution in [0.3, 0.4) is 0 Å².